The Labute approximate surface area is 152 Å². The van der Waals surface area contributed by atoms with Crippen molar-refractivity contribution in [1.29, 1.82) is 0 Å². The number of aromatic amines is 2. The summed E-state index contributed by atoms with van der Waals surface area (Å²) < 4.78 is 0. The Morgan fingerprint density at radius 2 is 1.96 bits per heavy atom. The van der Waals surface area contributed by atoms with E-state index in [0.717, 1.165) is 32.0 Å². The maximum absolute atomic E-state index is 12.7. The Bertz CT molecular complexity index is 781. The van der Waals surface area contributed by atoms with Crippen molar-refractivity contribution in [2.45, 2.75) is 44.9 Å². The summed E-state index contributed by atoms with van der Waals surface area (Å²) in [6, 6.07) is 1.23. The molecule has 1 spiro atoms. The monoisotopic (exact) mass is 360 g/mol. The Morgan fingerprint density at radius 3 is 2.73 bits per heavy atom. The van der Waals surface area contributed by atoms with Gasteiger partial charge >= 0.3 is 0 Å². The predicted octanol–water partition coefficient (Wildman–Crippen LogP) is 0.720. The van der Waals surface area contributed by atoms with E-state index in [0.29, 0.717) is 0 Å². The van der Waals surface area contributed by atoms with Crippen LogP contribution in [0, 0.1) is 11.3 Å². The third-order valence-corrected chi connectivity index (χ3v) is 6.51. The molecule has 0 aromatic carbocycles. The van der Waals surface area contributed by atoms with Crippen LogP contribution in [0.5, 0.6) is 0 Å². The van der Waals surface area contributed by atoms with E-state index in [9.17, 15) is 14.4 Å². The van der Waals surface area contributed by atoms with Crippen molar-refractivity contribution in [2.75, 3.05) is 32.7 Å². The second-order valence-corrected chi connectivity index (χ2v) is 8.49. The molecule has 2 saturated heterocycles. The van der Waals surface area contributed by atoms with Gasteiger partial charge in [0.05, 0.1) is 6.42 Å². The summed E-state index contributed by atoms with van der Waals surface area (Å²) in [4.78, 5) is 40.4. The number of H-pyrrole nitrogens is 2. The molecule has 0 bridgehead atoms. The van der Waals surface area contributed by atoms with Gasteiger partial charge in [-0.1, -0.05) is 6.42 Å². The SMILES string of the molecule is O=C(Cc1cc(=O)[nH][nH]c1=O)N1CC[C@]2(CCCN(CC3CCC3)C2)C1. The molecule has 3 fully saturated rings. The summed E-state index contributed by atoms with van der Waals surface area (Å²) in [5.74, 6) is 0.835. The number of hydrogen-bond donors (Lipinski definition) is 2. The molecule has 142 valence electrons. The lowest BCUT2D eigenvalue weighted by Crippen LogP contribution is -2.47. The number of carbonyl (C=O) groups excluding carboxylic acids is 1. The molecular weight excluding hydrogens is 332 g/mol. The van der Waals surface area contributed by atoms with Gasteiger partial charge in [-0.15, -0.1) is 0 Å². The summed E-state index contributed by atoms with van der Waals surface area (Å²) in [6.45, 7) is 5.05. The standard InChI is InChI=1S/C19H28N4O3/c24-16-9-15(18(26)21-20-16)10-17(25)23-8-6-19(13-23)5-2-7-22(12-19)11-14-3-1-4-14/h9,14H,1-8,10-13H2,(H,20,24)(H,21,26)/t19-/m0/s1. The Morgan fingerprint density at radius 1 is 1.12 bits per heavy atom. The van der Waals surface area contributed by atoms with Crippen LogP contribution >= 0.6 is 0 Å². The average Bonchev–Trinajstić information content (AvgIpc) is 2.98. The molecule has 0 unspecified atom stereocenters. The molecule has 26 heavy (non-hydrogen) atoms. The topological polar surface area (TPSA) is 89.3 Å². The first-order chi connectivity index (χ1) is 12.5. The number of rotatable bonds is 4. The number of amides is 1. The van der Waals surface area contributed by atoms with Crippen LogP contribution in [-0.4, -0.2) is 58.6 Å². The van der Waals surface area contributed by atoms with Crippen LogP contribution < -0.4 is 11.1 Å². The molecule has 1 atom stereocenters. The van der Waals surface area contributed by atoms with Crippen molar-refractivity contribution < 1.29 is 4.79 Å². The molecule has 7 heteroatoms. The van der Waals surface area contributed by atoms with Gasteiger partial charge in [0, 0.05) is 43.2 Å². The molecule has 1 amide bonds. The van der Waals surface area contributed by atoms with Gasteiger partial charge in [0.2, 0.25) is 5.91 Å². The van der Waals surface area contributed by atoms with Crippen LogP contribution in [0.1, 0.15) is 44.1 Å². The number of carbonyl (C=O) groups is 1. The summed E-state index contributed by atoms with van der Waals surface area (Å²) in [6.07, 6.45) is 7.57. The normalized spacial score (nSPS) is 27.0. The summed E-state index contributed by atoms with van der Waals surface area (Å²) >= 11 is 0. The minimum atomic E-state index is -0.392. The van der Waals surface area contributed by atoms with Gasteiger partial charge in [-0.3, -0.25) is 24.6 Å². The minimum absolute atomic E-state index is 0.00111. The molecule has 1 aliphatic carbocycles. The van der Waals surface area contributed by atoms with E-state index in [1.54, 1.807) is 0 Å². The third kappa shape index (κ3) is 3.63. The zero-order valence-corrected chi connectivity index (χ0v) is 15.3. The van der Waals surface area contributed by atoms with Crippen LogP contribution in [-0.2, 0) is 11.2 Å². The van der Waals surface area contributed by atoms with E-state index < -0.39 is 5.56 Å². The van der Waals surface area contributed by atoms with Crippen molar-refractivity contribution in [1.82, 2.24) is 20.0 Å². The van der Waals surface area contributed by atoms with Gasteiger partial charge in [0.15, 0.2) is 0 Å². The van der Waals surface area contributed by atoms with E-state index in [-0.39, 0.29) is 28.9 Å². The van der Waals surface area contributed by atoms with Gasteiger partial charge in [-0.25, -0.2) is 0 Å². The highest BCUT2D eigenvalue weighted by atomic mass is 16.2. The number of hydrogen-bond acceptors (Lipinski definition) is 4. The summed E-state index contributed by atoms with van der Waals surface area (Å²) in [7, 11) is 0. The van der Waals surface area contributed by atoms with Crippen molar-refractivity contribution >= 4 is 5.91 Å². The zero-order chi connectivity index (χ0) is 18.1. The molecule has 1 aromatic heterocycles. The highest BCUT2D eigenvalue weighted by Gasteiger charge is 2.43. The van der Waals surface area contributed by atoms with Gasteiger partial charge in [-0.05, 0) is 44.6 Å². The lowest BCUT2D eigenvalue weighted by molar-refractivity contribution is -0.130. The van der Waals surface area contributed by atoms with Crippen LogP contribution in [0.15, 0.2) is 15.7 Å². The van der Waals surface area contributed by atoms with E-state index >= 15 is 0 Å². The molecule has 2 N–H and O–H groups in total. The molecule has 4 rings (SSSR count). The van der Waals surface area contributed by atoms with Gasteiger partial charge in [0.1, 0.15) is 0 Å². The van der Waals surface area contributed by atoms with E-state index in [1.807, 2.05) is 4.90 Å². The number of nitrogens with zero attached hydrogens (tertiary/aromatic N) is 2. The zero-order valence-electron chi connectivity index (χ0n) is 15.3. The molecule has 0 radical (unpaired) electrons. The van der Waals surface area contributed by atoms with Gasteiger partial charge in [0.25, 0.3) is 11.1 Å². The Kier molecular flexibility index (Phi) is 4.73. The molecule has 3 heterocycles. The molecular formula is C19H28N4O3. The quantitative estimate of drug-likeness (QED) is 0.828. The molecule has 3 aliphatic rings. The lowest BCUT2D eigenvalue weighted by atomic mass is 9.78. The lowest BCUT2D eigenvalue weighted by Gasteiger charge is -2.43. The van der Waals surface area contributed by atoms with Crippen LogP contribution in [0.2, 0.25) is 0 Å². The highest BCUT2D eigenvalue weighted by molar-refractivity contribution is 5.79. The maximum atomic E-state index is 12.7. The Balaban J connectivity index is 1.37. The van der Waals surface area contributed by atoms with Crippen molar-refractivity contribution in [3.05, 3.63) is 32.3 Å². The van der Waals surface area contributed by atoms with Crippen molar-refractivity contribution in [2.24, 2.45) is 11.3 Å². The molecule has 7 nitrogen and oxygen atoms in total. The number of nitrogens with one attached hydrogen (secondary N) is 2. The average molecular weight is 360 g/mol. The van der Waals surface area contributed by atoms with Crippen molar-refractivity contribution in [3.63, 3.8) is 0 Å². The largest absolute Gasteiger partial charge is 0.342 e. The smallest absolute Gasteiger partial charge is 0.266 e. The third-order valence-electron chi connectivity index (χ3n) is 6.51. The van der Waals surface area contributed by atoms with Gasteiger partial charge in [-0.2, -0.15) is 0 Å². The van der Waals surface area contributed by atoms with E-state index in [4.69, 9.17) is 0 Å². The summed E-state index contributed by atoms with van der Waals surface area (Å²) in [5, 5.41) is 4.52. The van der Waals surface area contributed by atoms with Gasteiger partial charge < -0.3 is 9.80 Å². The first kappa shape index (κ1) is 17.5. The number of piperidine rings is 1. The van der Waals surface area contributed by atoms with Crippen LogP contribution in [0.4, 0.5) is 0 Å². The predicted molar refractivity (Wildman–Crippen MR) is 98.0 cm³/mol. The molecule has 1 aromatic rings. The fourth-order valence-electron chi connectivity index (χ4n) is 4.85. The second kappa shape index (κ2) is 7.02. The van der Waals surface area contributed by atoms with Crippen LogP contribution in [0.25, 0.3) is 0 Å². The molecule has 1 saturated carbocycles. The van der Waals surface area contributed by atoms with E-state index in [1.165, 1.54) is 51.3 Å². The second-order valence-electron chi connectivity index (χ2n) is 8.49. The first-order valence-corrected chi connectivity index (χ1v) is 9.84. The van der Waals surface area contributed by atoms with Crippen LogP contribution in [0.3, 0.4) is 0 Å². The number of aromatic nitrogens is 2. The minimum Gasteiger partial charge on any atom is -0.342 e. The van der Waals surface area contributed by atoms with E-state index in [2.05, 4.69) is 15.1 Å². The fraction of sp³-hybridized carbons (Fsp3) is 0.737. The fourth-order valence-corrected chi connectivity index (χ4v) is 4.85. The maximum Gasteiger partial charge on any atom is 0.266 e. The highest BCUT2D eigenvalue weighted by Crippen LogP contribution is 2.40. The molecule has 2 aliphatic heterocycles. The first-order valence-electron chi connectivity index (χ1n) is 9.84. The van der Waals surface area contributed by atoms with Crippen molar-refractivity contribution in [3.8, 4) is 0 Å². The Hall–Kier alpha value is -1.89. The summed E-state index contributed by atoms with van der Waals surface area (Å²) in [5.41, 5.74) is -0.312. The number of likely N-dealkylation sites (tertiary alicyclic amines) is 2.